The highest BCUT2D eigenvalue weighted by Gasteiger charge is 2.27. The molecule has 2 unspecified atom stereocenters. The van der Waals surface area contributed by atoms with Crippen LogP contribution in [0.1, 0.15) is 18.5 Å². The molecule has 1 N–H and O–H groups in total. The zero-order valence-corrected chi connectivity index (χ0v) is 13.1. The molecule has 114 valence electrons. The number of benzene rings is 1. The van der Waals surface area contributed by atoms with Crippen molar-refractivity contribution in [3.05, 3.63) is 17.7 Å². The fraction of sp³-hybridized carbons (Fsp3) is 0.600. The van der Waals surface area contributed by atoms with Crippen LogP contribution in [-0.2, 0) is 0 Å². The van der Waals surface area contributed by atoms with Crippen molar-refractivity contribution in [2.24, 2.45) is 5.92 Å². The smallest absolute Gasteiger partial charge is 0.203 e. The van der Waals surface area contributed by atoms with Crippen molar-refractivity contribution >= 4 is 0 Å². The van der Waals surface area contributed by atoms with Crippen LogP contribution in [0.25, 0.3) is 0 Å². The van der Waals surface area contributed by atoms with Crippen molar-refractivity contribution in [2.75, 3.05) is 42.0 Å². The van der Waals surface area contributed by atoms with E-state index in [0.29, 0.717) is 17.2 Å². The summed E-state index contributed by atoms with van der Waals surface area (Å²) >= 11 is 0. The fourth-order valence-electron chi connectivity index (χ4n) is 2.55. The van der Waals surface area contributed by atoms with Gasteiger partial charge in [0.1, 0.15) is 0 Å². The van der Waals surface area contributed by atoms with E-state index < -0.39 is 0 Å². The van der Waals surface area contributed by atoms with Gasteiger partial charge in [0.25, 0.3) is 0 Å². The molecule has 20 heavy (non-hydrogen) atoms. The van der Waals surface area contributed by atoms with Gasteiger partial charge in [0.05, 0.1) is 21.3 Å². The molecule has 1 rings (SSSR count). The minimum absolute atomic E-state index is 0.0229. The van der Waals surface area contributed by atoms with Gasteiger partial charge in [-0.2, -0.15) is 0 Å². The van der Waals surface area contributed by atoms with Crippen LogP contribution in [0.15, 0.2) is 12.1 Å². The Labute approximate surface area is 121 Å². The molecule has 0 aliphatic heterocycles. The normalized spacial score (nSPS) is 14.0. The van der Waals surface area contributed by atoms with Gasteiger partial charge in [-0.15, -0.1) is 0 Å². The first-order chi connectivity index (χ1) is 9.51. The number of hydrogen-bond acceptors (Lipinski definition) is 5. The quantitative estimate of drug-likeness (QED) is 0.829. The van der Waals surface area contributed by atoms with Gasteiger partial charge in [-0.05, 0) is 32.1 Å². The Morgan fingerprint density at radius 1 is 1.05 bits per heavy atom. The monoisotopic (exact) mass is 283 g/mol. The Bertz CT molecular complexity index is 434. The standard InChI is InChI=1S/C15H25NO4/c1-10(9-17)13(16(2)3)11-7-8-12(18-4)15(20-6)14(11)19-5/h7-8,10,13,17H,9H2,1-6H3. The lowest BCUT2D eigenvalue weighted by Crippen LogP contribution is -2.28. The molecular weight excluding hydrogens is 258 g/mol. The summed E-state index contributed by atoms with van der Waals surface area (Å²) in [5.41, 5.74) is 0.969. The van der Waals surface area contributed by atoms with E-state index >= 15 is 0 Å². The van der Waals surface area contributed by atoms with Gasteiger partial charge in [0.2, 0.25) is 5.75 Å². The van der Waals surface area contributed by atoms with Crippen molar-refractivity contribution in [3.63, 3.8) is 0 Å². The van der Waals surface area contributed by atoms with E-state index in [1.165, 1.54) is 0 Å². The molecule has 0 aromatic heterocycles. The minimum Gasteiger partial charge on any atom is -0.493 e. The van der Waals surface area contributed by atoms with Crippen LogP contribution in [0.2, 0.25) is 0 Å². The first kappa shape index (κ1) is 16.6. The molecular formula is C15H25NO4. The molecule has 0 fully saturated rings. The largest absolute Gasteiger partial charge is 0.493 e. The SMILES string of the molecule is COc1ccc(C(C(C)CO)N(C)C)c(OC)c1OC. The first-order valence-electron chi connectivity index (χ1n) is 6.57. The Morgan fingerprint density at radius 2 is 1.65 bits per heavy atom. The van der Waals surface area contributed by atoms with Gasteiger partial charge >= 0.3 is 0 Å². The van der Waals surface area contributed by atoms with Crippen LogP contribution in [0, 0.1) is 5.92 Å². The number of rotatable bonds is 7. The molecule has 0 aliphatic carbocycles. The van der Waals surface area contributed by atoms with Crippen molar-refractivity contribution in [2.45, 2.75) is 13.0 Å². The lowest BCUT2D eigenvalue weighted by Gasteiger charge is -2.31. The van der Waals surface area contributed by atoms with E-state index in [2.05, 4.69) is 4.90 Å². The molecule has 0 aliphatic rings. The van der Waals surface area contributed by atoms with E-state index in [-0.39, 0.29) is 18.6 Å². The van der Waals surface area contributed by atoms with Crippen LogP contribution in [0.5, 0.6) is 17.2 Å². The molecule has 1 aromatic carbocycles. The van der Waals surface area contributed by atoms with E-state index in [4.69, 9.17) is 14.2 Å². The lowest BCUT2D eigenvalue weighted by atomic mass is 9.93. The molecule has 0 heterocycles. The Morgan fingerprint density at radius 3 is 2.05 bits per heavy atom. The molecule has 1 aromatic rings. The van der Waals surface area contributed by atoms with Gasteiger partial charge < -0.3 is 24.2 Å². The third kappa shape index (κ3) is 3.16. The zero-order valence-electron chi connectivity index (χ0n) is 13.1. The fourth-order valence-corrected chi connectivity index (χ4v) is 2.55. The molecule has 0 saturated heterocycles. The van der Waals surface area contributed by atoms with Crippen molar-refractivity contribution in [3.8, 4) is 17.2 Å². The highest BCUT2D eigenvalue weighted by atomic mass is 16.5. The summed E-state index contributed by atoms with van der Waals surface area (Å²) in [7, 11) is 8.75. The molecule has 0 radical (unpaired) electrons. The molecule has 0 bridgehead atoms. The van der Waals surface area contributed by atoms with Crippen molar-refractivity contribution < 1.29 is 19.3 Å². The summed E-state index contributed by atoms with van der Waals surface area (Å²) in [6.45, 7) is 2.10. The van der Waals surface area contributed by atoms with Crippen molar-refractivity contribution in [1.82, 2.24) is 4.90 Å². The summed E-state index contributed by atoms with van der Waals surface area (Å²) in [4.78, 5) is 2.06. The van der Waals surface area contributed by atoms with Gasteiger partial charge in [0.15, 0.2) is 11.5 Å². The summed E-state index contributed by atoms with van der Waals surface area (Å²) < 4.78 is 16.2. The minimum atomic E-state index is 0.0229. The number of methoxy groups -OCH3 is 3. The molecule has 0 amide bonds. The third-order valence-corrected chi connectivity index (χ3v) is 3.44. The maximum atomic E-state index is 9.48. The van der Waals surface area contributed by atoms with Crippen LogP contribution in [0.4, 0.5) is 0 Å². The zero-order chi connectivity index (χ0) is 15.3. The number of nitrogens with zero attached hydrogens (tertiary/aromatic N) is 1. The Balaban J connectivity index is 3.42. The summed E-state index contributed by atoms with van der Waals surface area (Å²) in [5.74, 6) is 1.91. The van der Waals surface area contributed by atoms with Crippen molar-refractivity contribution in [1.29, 1.82) is 0 Å². The number of aliphatic hydroxyl groups excluding tert-OH is 1. The third-order valence-electron chi connectivity index (χ3n) is 3.44. The highest BCUT2D eigenvalue weighted by Crippen LogP contribution is 2.44. The predicted molar refractivity (Wildman–Crippen MR) is 78.8 cm³/mol. The first-order valence-corrected chi connectivity index (χ1v) is 6.57. The average Bonchev–Trinajstić information content (AvgIpc) is 2.45. The highest BCUT2D eigenvalue weighted by molar-refractivity contribution is 5.56. The van der Waals surface area contributed by atoms with Crippen LogP contribution >= 0.6 is 0 Å². The lowest BCUT2D eigenvalue weighted by molar-refractivity contribution is 0.143. The average molecular weight is 283 g/mol. The summed E-state index contributed by atoms with van der Waals surface area (Å²) in [5, 5.41) is 9.48. The molecule has 0 saturated carbocycles. The topological polar surface area (TPSA) is 51.2 Å². The predicted octanol–water partition coefficient (Wildman–Crippen LogP) is 1.94. The van der Waals surface area contributed by atoms with Gasteiger partial charge in [-0.3, -0.25) is 0 Å². The van der Waals surface area contributed by atoms with Crippen LogP contribution in [0.3, 0.4) is 0 Å². The van der Waals surface area contributed by atoms with Gasteiger partial charge in [0, 0.05) is 18.2 Å². The van der Waals surface area contributed by atoms with E-state index in [9.17, 15) is 5.11 Å². The van der Waals surface area contributed by atoms with E-state index in [1.807, 2.05) is 33.2 Å². The second-order valence-corrected chi connectivity index (χ2v) is 4.99. The Hall–Kier alpha value is -1.46. The van der Waals surface area contributed by atoms with E-state index in [0.717, 1.165) is 5.56 Å². The Kier molecular flexibility index (Phi) is 6.10. The maximum Gasteiger partial charge on any atom is 0.203 e. The molecule has 5 nitrogen and oxygen atoms in total. The second kappa shape index (κ2) is 7.36. The van der Waals surface area contributed by atoms with Crippen LogP contribution in [-0.4, -0.2) is 52.0 Å². The molecule has 2 atom stereocenters. The number of ether oxygens (including phenoxy) is 3. The molecule has 5 heteroatoms. The van der Waals surface area contributed by atoms with Crippen LogP contribution < -0.4 is 14.2 Å². The summed E-state index contributed by atoms with van der Waals surface area (Å²) in [6.07, 6.45) is 0. The maximum absolute atomic E-state index is 9.48. The summed E-state index contributed by atoms with van der Waals surface area (Å²) in [6, 6.07) is 3.84. The van der Waals surface area contributed by atoms with Gasteiger partial charge in [-0.1, -0.05) is 6.92 Å². The number of aliphatic hydroxyl groups is 1. The second-order valence-electron chi connectivity index (χ2n) is 4.99. The van der Waals surface area contributed by atoms with Gasteiger partial charge in [-0.25, -0.2) is 0 Å². The molecule has 0 spiro atoms. The van der Waals surface area contributed by atoms with E-state index in [1.54, 1.807) is 21.3 Å². The number of hydrogen-bond donors (Lipinski definition) is 1.